The van der Waals surface area contributed by atoms with E-state index in [0.717, 1.165) is 25.7 Å². The number of aliphatic carboxylic acids is 1. The summed E-state index contributed by atoms with van der Waals surface area (Å²) in [6.07, 6.45) is 8.81. The first-order valence-corrected chi connectivity index (χ1v) is 6.86. The summed E-state index contributed by atoms with van der Waals surface area (Å²) in [5, 5.41) is 12.1. The molecule has 4 nitrogen and oxygen atoms in total. The van der Waals surface area contributed by atoms with Gasteiger partial charge < -0.3 is 10.4 Å². The summed E-state index contributed by atoms with van der Waals surface area (Å²) in [5.41, 5.74) is 0. The first kappa shape index (κ1) is 11.8. The predicted octanol–water partition coefficient (Wildman–Crippen LogP) is 1.57. The third-order valence-electron chi connectivity index (χ3n) is 4.78. The highest BCUT2D eigenvalue weighted by atomic mass is 16.4. The van der Waals surface area contributed by atoms with Gasteiger partial charge in [-0.25, -0.2) is 0 Å². The van der Waals surface area contributed by atoms with Crippen LogP contribution in [0.3, 0.4) is 0 Å². The van der Waals surface area contributed by atoms with E-state index in [1.165, 1.54) is 0 Å². The molecule has 5 atom stereocenters. The second kappa shape index (κ2) is 4.41. The van der Waals surface area contributed by atoms with E-state index in [1.54, 1.807) is 0 Å². The molecule has 18 heavy (non-hydrogen) atoms. The number of hydrogen-bond donors (Lipinski definition) is 2. The third kappa shape index (κ3) is 1.93. The number of carbonyl (C=O) groups excluding carboxylic acids is 1. The Labute approximate surface area is 106 Å². The molecule has 3 unspecified atom stereocenters. The molecule has 0 aromatic heterocycles. The minimum Gasteiger partial charge on any atom is -0.481 e. The average Bonchev–Trinajstić information content (AvgIpc) is 3.03. The Morgan fingerprint density at radius 1 is 1.11 bits per heavy atom. The fraction of sp³-hybridized carbons (Fsp3) is 0.714. The molecule has 3 rings (SSSR count). The fourth-order valence-electron chi connectivity index (χ4n) is 3.80. The van der Waals surface area contributed by atoms with Gasteiger partial charge in [-0.3, -0.25) is 9.59 Å². The van der Waals surface area contributed by atoms with Gasteiger partial charge in [0.05, 0.1) is 5.92 Å². The van der Waals surface area contributed by atoms with Crippen LogP contribution in [0, 0.1) is 23.7 Å². The number of hydrogen-bond acceptors (Lipinski definition) is 2. The van der Waals surface area contributed by atoms with Gasteiger partial charge in [-0.2, -0.15) is 0 Å². The summed E-state index contributed by atoms with van der Waals surface area (Å²) in [7, 11) is 0. The molecule has 2 bridgehead atoms. The minimum absolute atomic E-state index is 0.0741. The van der Waals surface area contributed by atoms with Gasteiger partial charge in [0.25, 0.3) is 0 Å². The smallest absolute Gasteiger partial charge is 0.308 e. The van der Waals surface area contributed by atoms with E-state index in [1.807, 2.05) is 0 Å². The molecule has 0 heterocycles. The lowest BCUT2D eigenvalue weighted by atomic mass is 9.92. The first-order chi connectivity index (χ1) is 8.65. The van der Waals surface area contributed by atoms with Gasteiger partial charge in [0.1, 0.15) is 0 Å². The Morgan fingerprint density at radius 2 is 1.94 bits per heavy atom. The number of rotatable bonds is 3. The van der Waals surface area contributed by atoms with Crippen molar-refractivity contribution in [3.8, 4) is 0 Å². The van der Waals surface area contributed by atoms with Crippen LogP contribution in [0.15, 0.2) is 12.2 Å². The lowest BCUT2D eigenvalue weighted by molar-refractivity contribution is -0.142. The number of carbonyl (C=O) groups is 2. The second-order valence-corrected chi connectivity index (χ2v) is 5.88. The van der Waals surface area contributed by atoms with Gasteiger partial charge >= 0.3 is 5.97 Å². The first-order valence-electron chi connectivity index (χ1n) is 6.86. The Bertz CT molecular complexity index is 404. The van der Waals surface area contributed by atoms with Crippen LogP contribution in [0.2, 0.25) is 0 Å². The molecular formula is C14H19NO3. The molecule has 3 aliphatic rings. The molecule has 0 spiro atoms. The molecule has 0 saturated heterocycles. The summed E-state index contributed by atoms with van der Waals surface area (Å²) in [6, 6.07) is -0.155. The average molecular weight is 249 g/mol. The standard InChI is InChI=1S/C14H19NO3/c16-13(11-7-8-4-5-9(11)6-8)15-12-3-1-2-10(12)14(17)18/h4-5,8-12H,1-3,6-7H2,(H,15,16)(H,17,18)/t8?,9?,10-,11?,12+/m1/s1. The third-order valence-corrected chi connectivity index (χ3v) is 4.78. The highest BCUT2D eigenvalue weighted by Crippen LogP contribution is 2.43. The molecule has 2 fully saturated rings. The molecule has 0 aromatic carbocycles. The van der Waals surface area contributed by atoms with Gasteiger partial charge in [-0.05, 0) is 37.5 Å². The van der Waals surface area contributed by atoms with E-state index in [2.05, 4.69) is 17.5 Å². The highest BCUT2D eigenvalue weighted by molar-refractivity contribution is 5.81. The normalized spacial score (nSPS) is 41.2. The van der Waals surface area contributed by atoms with Crippen LogP contribution in [0.25, 0.3) is 0 Å². The maximum atomic E-state index is 12.2. The van der Waals surface area contributed by atoms with Crippen LogP contribution in [-0.2, 0) is 9.59 Å². The van der Waals surface area contributed by atoms with Gasteiger partial charge in [0, 0.05) is 12.0 Å². The van der Waals surface area contributed by atoms with Gasteiger partial charge in [0.15, 0.2) is 0 Å². The monoisotopic (exact) mass is 249 g/mol. The molecule has 2 saturated carbocycles. The summed E-state index contributed by atoms with van der Waals surface area (Å²) < 4.78 is 0. The Kier molecular flexibility index (Phi) is 2.88. The summed E-state index contributed by atoms with van der Waals surface area (Å²) >= 11 is 0. The summed E-state index contributed by atoms with van der Waals surface area (Å²) in [5.74, 6) is -0.0435. The van der Waals surface area contributed by atoms with Crippen LogP contribution < -0.4 is 5.32 Å². The number of carboxylic acid groups (broad SMARTS) is 1. The quantitative estimate of drug-likeness (QED) is 0.746. The Morgan fingerprint density at radius 3 is 2.56 bits per heavy atom. The molecule has 1 amide bonds. The zero-order valence-electron chi connectivity index (χ0n) is 10.3. The maximum absolute atomic E-state index is 12.2. The lowest BCUT2D eigenvalue weighted by Gasteiger charge is -2.23. The molecular weight excluding hydrogens is 230 g/mol. The van der Waals surface area contributed by atoms with Gasteiger partial charge in [-0.15, -0.1) is 0 Å². The molecule has 4 heteroatoms. The van der Waals surface area contributed by atoms with Crippen molar-refractivity contribution in [3.05, 3.63) is 12.2 Å². The van der Waals surface area contributed by atoms with E-state index in [0.29, 0.717) is 18.3 Å². The second-order valence-electron chi connectivity index (χ2n) is 5.88. The van der Waals surface area contributed by atoms with Crippen LogP contribution in [0.5, 0.6) is 0 Å². The van der Waals surface area contributed by atoms with Crippen molar-refractivity contribution in [2.24, 2.45) is 23.7 Å². The number of fused-ring (bicyclic) bond motifs is 2. The van der Waals surface area contributed by atoms with Crippen molar-refractivity contribution in [2.75, 3.05) is 0 Å². The van der Waals surface area contributed by atoms with Crippen molar-refractivity contribution < 1.29 is 14.7 Å². The number of nitrogens with one attached hydrogen (secondary N) is 1. The molecule has 2 N–H and O–H groups in total. The Balaban J connectivity index is 1.61. The van der Waals surface area contributed by atoms with Gasteiger partial charge in [0.2, 0.25) is 5.91 Å². The molecule has 98 valence electrons. The summed E-state index contributed by atoms with van der Waals surface area (Å²) in [6.45, 7) is 0. The van der Waals surface area contributed by atoms with Crippen LogP contribution in [-0.4, -0.2) is 23.0 Å². The van der Waals surface area contributed by atoms with Crippen molar-refractivity contribution in [3.63, 3.8) is 0 Å². The largest absolute Gasteiger partial charge is 0.481 e. The maximum Gasteiger partial charge on any atom is 0.308 e. The molecule has 3 aliphatic carbocycles. The number of carboxylic acids is 1. The van der Waals surface area contributed by atoms with E-state index < -0.39 is 5.97 Å². The van der Waals surface area contributed by atoms with Crippen molar-refractivity contribution in [2.45, 2.75) is 38.1 Å². The zero-order chi connectivity index (χ0) is 12.7. The van der Waals surface area contributed by atoms with Crippen LogP contribution in [0.4, 0.5) is 0 Å². The molecule has 0 aromatic rings. The SMILES string of the molecule is O=C(N[C@H]1CCC[C@H]1C(=O)O)C1CC2C=CC1C2. The van der Waals surface area contributed by atoms with E-state index in [4.69, 9.17) is 5.11 Å². The van der Waals surface area contributed by atoms with Crippen molar-refractivity contribution in [1.29, 1.82) is 0 Å². The van der Waals surface area contributed by atoms with Crippen LogP contribution in [0.1, 0.15) is 32.1 Å². The zero-order valence-corrected chi connectivity index (χ0v) is 10.3. The summed E-state index contributed by atoms with van der Waals surface area (Å²) in [4.78, 5) is 23.3. The van der Waals surface area contributed by atoms with Gasteiger partial charge in [-0.1, -0.05) is 18.6 Å². The minimum atomic E-state index is -0.773. The number of amides is 1. The van der Waals surface area contributed by atoms with Crippen molar-refractivity contribution >= 4 is 11.9 Å². The van der Waals surface area contributed by atoms with E-state index >= 15 is 0 Å². The van der Waals surface area contributed by atoms with Crippen molar-refractivity contribution in [1.82, 2.24) is 5.32 Å². The predicted molar refractivity (Wildman–Crippen MR) is 65.8 cm³/mol. The van der Waals surface area contributed by atoms with E-state index in [9.17, 15) is 9.59 Å². The fourth-order valence-corrected chi connectivity index (χ4v) is 3.80. The van der Waals surface area contributed by atoms with Crippen LogP contribution >= 0.6 is 0 Å². The molecule has 0 radical (unpaired) electrons. The molecule has 0 aliphatic heterocycles. The highest BCUT2D eigenvalue weighted by Gasteiger charge is 2.42. The lowest BCUT2D eigenvalue weighted by Crippen LogP contribution is -2.43. The topological polar surface area (TPSA) is 66.4 Å². The Hall–Kier alpha value is -1.32. The van der Waals surface area contributed by atoms with E-state index in [-0.39, 0.29) is 23.8 Å². The number of allylic oxidation sites excluding steroid dienone is 2.